The fraction of sp³-hybridized carbons (Fsp3) is 0.556. The molecule has 6 heteroatoms. The lowest BCUT2D eigenvalue weighted by molar-refractivity contribution is -0.188. The van der Waals surface area contributed by atoms with E-state index >= 15 is 0 Å². The monoisotopic (exact) mass is 328 g/mol. The number of pyridine rings is 1. The maximum Gasteiger partial charge on any atom is 0.138 e. The highest BCUT2D eigenvalue weighted by molar-refractivity contribution is 5.16. The summed E-state index contributed by atoms with van der Waals surface area (Å²) in [6.45, 7) is 5.65. The van der Waals surface area contributed by atoms with E-state index in [1.807, 2.05) is 30.8 Å². The van der Waals surface area contributed by atoms with Gasteiger partial charge in [-0.1, -0.05) is 0 Å². The first-order valence-electron chi connectivity index (χ1n) is 8.54. The van der Waals surface area contributed by atoms with Gasteiger partial charge in [0.2, 0.25) is 0 Å². The average molecular weight is 328 g/mol. The Morgan fingerprint density at radius 3 is 3.00 bits per heavy atom. The van der Waals surface area contributed by atoms with Gasteiger partial charge in [0.05, 0.1) is 29.8 Å². The van der Waals surface area contributed by atoms with Crippen molar-refractivity contribution in [1.82, 2.24) is 19.7 Å². The van der Waals surface area contributed by atoms with Gasteiger partial charge in [-0.2, -0.15) is 5.10 Å². The van der Waals surface area contributed by atoms with Gasteiger partial charge in [-0.3, -0.25) is 14.6 Å². The van der Waals surface area contributed by atoms with Crippen LogP contribution in [0.15, 0.2) is 30.6 Å². The third-order valence-corrected chi connectivity index (χ3v) is 4.89. The number of ether oxygens (including phenoxy) is 2. The Bertz CT molecular complexity index is 694. The van der Waals surface area contributed by atoms with Crippen molar-refractivity contribution in [3.8, 4) is 5.75 Å². The molecule has 2 aliphatic rings. The van der Waals surface area contributed by atoms with Gasteiger partial charge in [0, 0.05) is 45.7 Å². The zero-order valence-electron chi connectivity index (χ0n) is 14.3. The quantitative estimate of drug-likeness (QED) is 0.858. The number of nitrogens with zero attached hydrogens (tertiary/aromatic N) is 4. The van der Waals surface area contributed by atoms with Crippen molar-refractivity contribution >= 4 is 0 Å². The summed E-state index contributed by atoms with van der Waals surface area (Å²) in [5.74, 6) is 0.848. The van der Waals surface area contributed by atoms with Gasteiger partial charge in [-0.15, -0.1) is 0 Å². The second-order valence-electron chi connectivity index (χ2n) is 7.00. The third-order valence-electron chi connectivity index (χ3n) is 4.89. The standard InChI is InChI=1S/C18H24N4O2/c1-14-8-15(21(2)20-14)11-22-12-18(13-22)9-16(5-7-23-18)24-17-4-3-6-19-10-17/h3-4,6,8,10,16H,5,7,9,11-13H2,1-2H3. The van der Waals surface area contributed by atoms with E-state index < -0.39 is 0 Å². The molecule has 0 radical (unpaired) electrons. The molecular weight excluding hydrogens is 304 g/mol. The molecule has 2 fully saturated rings. The first-order chi connectivity index (χ1) is 11.6. The van der Waals surface area contributed by atoms with Crippen molar-refractivity contribution in [3.05, 3.63) is 42.0 Å². The van der Waals surface area contributed by atoms with Crippen LogP contribution in [0.4, 0.5) is 0 Å². The molecule has 128 valence electrons. The predicted octanol–water partition coefficient (Wildman–Crippen LogP) is 1.94. The van der Waals surface area contributed by atoms with Crippen molar-refractivity contribution in [2.45, 2.75) is 38.0 Å². The molecule has 0 aliphatic carbocycles. The van der Waals surface area contributed by atoms with E-state index in [1.165, 1.54) is 5.69 Å². The highest BCUT2D eigenvalue weighted by Crippen LogP contribution is 2.36. The molecule has 2 saturated heterocycles. The molecule has 4 heterocycles. The lowest BCUT2D eigenvalue weighted by Gasteiger charge is -2.53. The molecule has 0 saturated carbocycles. The molecular formula is C18H24N4O2. The van der Waals surface area contributed by atoms with Crippen LogP contribution in [0.3, 0.4) is 0 Å². The summed E-state index contributed by atoms with van der Waals surface area (Å²) in [5, 5.41) is 4.42. The normalized spacial score (nSPS) is 23.2. The van der Waals surface area contributed by atoms with E-state index in [-0.39, 0.29) is 11.7 Å². The van der Waals surface area contributed by atoms with Gasteiger partial charge in [-0.05, 0) is 25.1 Å². The summed E-state index contributed by atoms with van der Waals surface area (Å²) in [6, 6.07) is 6.03. The van der Waals surface area contributed by atoms with Crippen LogP contribution in [-0.2, 0) is 18.3 Å². The number of likely N-dealkylation sites (tertiary alicyclic amines) is 1. The number of rotatable bonds is 4. The minimum absolute atomic E-state index is 0.0429. The Balaban J connectivity index is 1.33. The first-order valence-corrected chi connectivity index (χ1v) is 8.54. The molecule has 6 nitrogen and oxygen atoms in total. The van der Waals surface area contributed by atoms with Crippen molar-refractivity contribution in [3.63, 3.8) is 0 Å². The molecule has 0 N–H and O–H groups in total. The fourth-order valence-electron chi connectivity index (χ4n) is 3.83. The van der Waals surface area contributed by atoms with E-state index in [2.05, 4.69) is 21.0 Å². The van der Waals surface area contributed by atoms with Crippen LogP contribution in [0.1, 0.15) is 24.2 Å². The van der Waals surface area contributed by atoms with Gasteiger partial charge in [0.25, 0.3) is 0 Å². The van der Waals surface area contributed by atoms with Gasteiger partial charge >= 0.3 is 0 Å². The van der Waals surface area contributed by atoms with Gasteiger partial charge in [0.1, 0.15) is 11.9 Å². The molecule has 0 aromatic carbocycles. The van der Waals surface area contributed by atoms with Gasteiger partial charge in [0.15, 0.2) is 0 Å². The molecule has 2 aromatic rings. The highest BCUT2D eigenvalue weighted by Gasteiger charge is 2.48. The molecule has 24 heavy (non-hydrogen) atoms. The van der Waals surface area contributed by atoms with Gasteiger partial charge < -0.3 is 9.47 Å². The van der Waals surface area contributed by atoms with Crippen molar-refractivity contribution in [1.29, 1.82) is 0 Å². The number of hydrogen-bond acceptors (Lipinski definition) is 5. The number of hydrogen-bond donors (Lipinski definition) is 0. The number of aromatic nitrogens is 3. The largest absolute Gasteiger partial charge is 0.489 e. The van der Waals surface area contributed by atoms with Crippen LogP contribution >= 0.6 is 0 Å². The van der Waals surface area contributed by atoms with Crippen LogP contribution in [0.2, 0.25) is 0 Å². The second kappa shape index (κ2) is 6.18. The zero-order chi connectivity index (χ0) is 16.6. The molecule has 0 amide bonds. The molecule has 0 bridgehead atoms. The average Bonchev–Trinajstić information content (AvgIpc) is 2.85. The van der Waals surface area contributed by atoms with Crippen LogP contribution in [0, 0.1) is 6.92 Å². The van der Waals surface area contributed by atoms with E-state index in [0.29, 0.717) is 0 Å². The minimum Gasteiger partial charge on any atom is -0.489 e. The minimum atomic E-state index is -0.0429. The van der Waals surface area contributed by atoms with Crippen molar-refractivity contribution < 1.29 is 9.47 Å². The first kappa shape index (κ1) is 15.6. The Morgan fingerprint density at radius 1 is 1.42 bits per heavy atom. The van der Waals surface area contributed by atoms with Gasteiger partial charge in [-0.25, -0.2) is 0 Å². The molecule has 1 unspecified atom stereocenters. The summed E-state index contributed by atoms with van der Waals surface area (Å²) >= 11 is 0. The van der Waals surface area contributed by atoms with Crippen LogP contribution in [-0.4, -0.2) is 51.1 Å². The molecule has 2 aliphatic heterocycles. The third kappa shape index (κ3) is 3.16. The van der Waals surface area contributed by atoms with Crippen LogP contribution in [0.25, 0.3) is 0 Å². The summed E-state index contributed by atoms with van der Waals surface area (Å²) in [4.78, 5) is 6.54. The van der Waals surface area contributed by atoms with E-state index in [4.69, 9.17) is 9.47 Å². The second-order valence-corrected chi connectivity index (χ2v) is 7.00. The maximum absolute atomic E-state index is 6.11. The maximum atomic E-state index is 6.11. The van der Waals surface area contributed by atoms with Crippen LogP contribution < -0.4 is 4.74 Å². The molecule has 1 spiro atoms. The zero-order valence-corrected chi connectivity index (χ0v) is 14.3. The highest BCUT2D eigenvalue weighted by atomic mass is 16.5. The van der Waals surface area contributed by atoms with Crippen molar-refractivity contribution in [2.75, 3.05) is 19.7 Å². The summed E-state index contributed by atoms with van der Waals surface area (Å²) in [7, 11) is 2.01. The molecule has 4 rings (SSSR count). The Morgan fingerprint density at radius 2 is 2.29 bits per heavy atom. The Kier molecular flexibility index (Phi) is 4.02. The lowest BCUT2D eigenvalue weighted by Crippen LogP contribution is -2.65. The predicted molar refractivity (Wildman–Crippen MR) is 89.8 cm³/mol. The van der Waals surface area contributed by atoms with Crippen LogP contribution in [0.5, 0.6) is 5.75 Å². The molecule has 2 aromatic heterocycles. The smallest absolute Gasteiger partial charge is 0.138 e. The van der Waals surface area contributed by atoms with E-state index in [9.17, 15) is 0 Å². The molecule has 1 atom stereocenters. The lowest BCUT2D eigenvalue weighted by atomic mass is 9.84. The fourth-order valence-corrected chi connectivity index (χ4v) is 3.83. The van der Waals surface area contributed by atoms with Crippen molar-refractivity contribution in [2.24, 2.45) is 7.05 Å². The summed E-state index contributed by atoms with van der Waals surface area (Å²) in [6.07, 6.45) is 5.65. The summed E-state index contributed by atoms with van der Waals surface area (Å²) in [5.41, 5.74) is 2.28. The Labute approximate surface area is 142 Å². The Hall–Kier alpha value is -1.92. The SMILES string of the molecule is Cc1cc(CN2CC3(CC(Oc4cccnc4)CCO3)C2)n(C)n1. The van der Waals surface area contributed by atoms with E-state index in [1.54, 1.807) is 12.4 Å². The number of aryl methyl sites for hydroxylation is 2. The van der Waals surface area contributed by atoms with E-state index in [0.717, 1.165) is 50.5 Å². The summed E-state index contributed by atoms with van der Waals surface area (Å²) < 4.78 is 14.2. The topological polar surface area (TPSA) is 52.4 Å².